The molecule has 3 rings (SSSR count). The van der Waals surface area contributed by atoms with Gasteiger partial charge in [-0.1, -0.05) is 11.8 Å². The van der Waals surface area contributed by atoms with Gasteiger partial charge in [-0.25, -0.2) is 0 Å². The summed E-state index contributed by atoms with van der Waals surface area (Å²) in [5, 5.41) is 10.8. The number of amides is 1. The van der Waals surface area contributed by atoms with Crippen molar-refractivity contribution in [3.63, 3.8) is 0 Å². The Morgan fingerprint density at radius 2 is 1.96 bits per heavy atom. The van der Waals surface area contributed by atoms with E-state index in [4.69, 9.17) is 4.42 Å². The molecule has 0 radical (unpaired) electrons. The van der Waals surface area contributed by atoms with Gasteiger partial charge in [0.1, 0.15) is 0 Å². The van der Waals surface area contributed by atoms with Crippen LogP contribution in [-0.2, 0) is 4.79 Å². The first kappa shape index (κ1) is 16.8. The number of carbonyl (C=O) groups is 2. The van der Waals surface area contributed by atoms with E-state index in [0.29, 0.717) is 22.4 Å². The summed E-state index contributed by atoms with van der Waals surface area (Å²) in [6.45, 7) is 1.43. The van der Waals surface area contributed by atoms with Crippen molar-refractivity contribution in [1.29, 1.82) is 0 Å². The molecular weight excluding hydrogens is 340 g/mol. The number of pyridine rings is 1. The lowest BCUT2D eigenvalue weighted by atomic mass is 10.1. The van der Waals surface area contributed by atoms with E-state index >= 15 is 0 Å². The van der Waals surface area contributed by atoms with E-state index in [0.717, 1.165) is 5.56 Å². The molecule has 1 amide bonds. The van der Waals surface area contributed by atoms with E-state index in [1.165, 1.54) is 18.7 Å². The molecule has 1 N–H and O–H groups in total. The van der Waals surface area contributed by atoms with Gasteiger partial charge in [-0.15, -0.1) is 10.2 Å². The van der Waals surface area contributed by atoms with E-state index in [1.54, 1.807) is 42.7 Å². The number of hydrogen-bond donors (Lipinski definition) is 1. The van der Waals surface area contributed by atoms with Crippen LogP contribution in [0.2, 0.25) is 0 Å². The van der Waals surface area contributed by atoms with Crippen LogP contribution < -0.4 is 5.32 Å². The highest BCUT2D eigenvalue weighted by molar-refractivity contribution is 7.99. The first-order valence-electron chi connectivity index (χ1n) is 7.39. The first-order chi connectivity index (χ1) is 12.1. The van der Waals surface area contributed by atoms with Gasteiger partial charge in [-0.3, -0.25) is 14.6 Å². The molecule has 0 aliphatic heterocycles. The Kier molecular flexibility index (Phi) is 5.20. The molecular formula is C17H14N4O3S. The Morgan fingerprint density at radius 3 is 2.64 bits per heavy atom. The summed E-state index contributed by atoms with van der Waals surface area (Å²) in [4.78, 5) is 27.2. The molecule has 2 aromatic heterocycles. The van der Waals surface area contributed by atoms with Crippen molar-refractivity contribution >= 4 is 29.1 Å². The van der Waals surface area contributed by atoms with E-state index in [2.05, 4.69) is 20.5 Å². The number of hydrogen-bond acceptors (Lipinski definition) is 7. The van der Waals surface area contributed by atoms with Crippen LogP contribution in [-0.4, -0.2) is 32.6 Å². The van der Waals surface area contributed by atoms with Crippen LogP contribution in [0.4, 0.5) is 5.69 Å². The van der Waals surface area contributed by atoms with Crippen molar-refractivity contribution < 1.29 is 14.0 Å². The molecule has 2 heterocycles. The number of aromatic nitrogens is 3. The van der Waals surface area contributed by atoms with E-state index < -0.39 is 0 Å². The van der Waals surface area contributed by atoms with Gasteiger partial charge in [0.2, 0.25) is 11.8 Å². The summed E-state index contributed by atoms with van der Waals surface area (Å²) in [6, 6.07) is 10.3. The summed E-state index contributed by atoms with van der Waals surface area (Å²) in [5.74, 6) is 0.312. The molecule has 25 heavy (non-hydrogen) atoms. The molecule has 0 spiro atoms. The Hall–Kier alpha value is -3.00. The maximum Gasteiger partial charge on any atom is 0.277 e. The van der Waals surface area contributed by atoms with Gasteiger partial charge in [0.05, 0.1) is 11.3 Å². The first-order valence-corrected chi connectivity index (χ1v) is 8.38. The maximum atomic E-state index is 12.2. The fourth-order valence-electron chi connectivity index (χ4n) is 2.03. The summed E-state index contributed by atoms with van der Waals surface area (Å²) < 4.78 is 5.52. The second kappa shape index (κ2) is 7.71. The number of Topliss-reactive ketones (excluding diaryl/α,β-unsaturated/α-hetero) is 1. The molecule has 0 aliphatic carbocycles. The molecule has 0 saturated carbocycles. The Bertz CT molecular complexity index is 878. The van der Waals surface area contributed by atoms with Gasteiger partial charge in [-0.05, 0) is 36.4 Å². The lowest BCUT2D eigenvalue weighted by molar-refractivity contribution is -0.114. The van der Waals surface area contributed by atoms with E-state index in [1.807, 2.05) is 6.07 Å². The minimum Gasteiger partial charge on any atom is -0.411 e. The normalized spacial score (nSPS) is 10.4. The lowest BCUT2D eigenvalue weighted by Gasteiger charge is -2.03. The topological polar surface area (TPSA) is 98.0 Å². The van der Waals surface area contributed by atoms with Crippen molar-refractivity contribution in [3.8, 4) is 11.5 Å². The Morgan fingerprint density at radius 1 is 1.16 bits per heavy atom. The van der Waals surface area contributed by atoms with Crippen molar-refractivity contribution in [2.75, 3.05) is 11.1 Å². The van der Waals surface area contributed by atoms with Gasteiger partial charge >= 0.3 is 0 Å². The van der Waals surface area contributed by atoms with Crippen LogP contribution in [0.15, 0.2) is 58.4 Å². The average Bonchev–Trinajstić information content (AvgIpc) is 3.10. The van der Waals surface area contributed by atoms with Crippen LogP contribution in [0, 0.1) is 0 Å². The highest BCUT2D eigenvalue weighted by Crippen LogP contribution is 2.23. The second-order valence-electron chi connectivity index (χ2n) is 5.09. The number of nitrogens with one attached hydrogen (secondary N) is 1. The molecule has 0 aliphatic rings. The van der Waals surface area contributed by atoms with Crippen molar-refractivity contribution in [2.45, 2.75) is 12.1 Å². The predicted molar refractivity (Wildman–Crippen MR) is 93.3 cm³/mol. The van der Waals surface area contributed by atoms with Crippen molar-refractivity contribution in [1.82, 2.24) is 15.2 Å². The third kappa shape index (κ3) is 4.51. The van der Waals surface area contributed by atoms with Crippen molar-refractivity contribution in [3.05, 3.63) is 54.4 Å². The van der Waals surface area contributed by atoms with Gasteiger partial charge in [0.25, 0.3) is 5.22 Å². The zero-order chi connectivity index (χ0) is 17.6. The molecule has 126 valence electrons. The summed E-state index contributed by atoms with van der Waals surface area (Å²) >= 11 is 1.17. The summed E-state index contributed by atoms with van der Waals surface area (Å²) in [5.41, 5.74) is 1.92. The zero-order valence-electron chi connectivity index (χ0n) is 13.3. The van der Waals surface area contributed by atoms with Gasteiger partial charge in [0.15, 0.2) is 5.78 Å². The third-order valence-corrected chi connectivity index (χ3v) is 3.99. The molecule has 0 unspecified atom stereocenters. The number of benzene rings is 1. The molecule has 0 saturated heterocycles. The van der Waals surface area contributed by atoms with Gasteiger partial charge < -0.3 is 9.73 Å². The highest BCUT2D eigenvalue weighted by atomic mass is 32.2. The third-order valence-electron chi connectivity index (χ3n) is 3.17. The Balaban J connectivity index is 1.59. The van der Waals surface area contributed by atoms with Gasteiger partial charge in [0, 0.05) is 30.6 Å². The fraction of sp³-hybridized carbons (Fsp3) is 0.118. The minimum absolute atomic E-state index is 0.0690. The van der Waals surface area contributed by atoms with Crippen molar-refractivity contribution in [2.24, 2.45) is 0 Å². The van der Waals surface area contributed by atoms with Gasteiger partial charge in [-0.2, -0.15) is 0 Å². The molecule has 3 aromatic rings. The molecule has 7 nitrogen and oxygen atoms in total. The van der Waals surface area contributed by atoms with Crippen LogP contribution >= 0.6 is 11.8 Å². The summed E-state index contributed by atoms with van der Waals surface area (Å²) in [7, 11) is 0. The SMILES string of the molecule is CC(=O)Nc1ccc(C(=O)CSc2nnc(-c3cccnc3)o2)cc1. The minimum atomic E-state index is -0.157. The smallest absolute Gasteiger partial charge is 0.277 e. The monoisotopic (exact) mass is 354 g/mol. The molecule has 0 bridgehead atoms. The van der Waals surface area contributed by atoms with Crippen LogP contribution in [0.25, 0.3) is 11.5 Å². The number of rotatable bonds is 6. The second-order valence-corrected chi connectivity index (χ2v) is 6.01. The number of anilines is 1. The molecule has 8 heteroatoms. The van der Waals surface area contributed by atoms with Crippen LogP contribution in [0.5, 0.6) is 0 Å². The molecule has 0 fully saturated rings. The number of thioether (sulfide) groups is 1. The number of carbonyl (C=O) groups excluding carboxylic acids is 2. The van der Waals surface area contributed by atoms with Crippen LogP contribution in [0.1, 0.15) is 17.3 Å². The largest absolute Gasteiger partial charge is 0.411 e. The standard InChI is InChI=1S/C17H14N4O3S/c1-11(22)19-14-6-4-12(5-7-14)15(23)10-25-17-21-20-16(24-17)13-3-2-8-18-9-13/h2-9H,10H2,1H3,(H,19,22). The fourth-order valence-corrected chi connectivity index (χ4v) is 2.69. The quantitative estimate of drug-likeness (QED) is 0.536. The Labute approximate surface area is 147 Å². The zero-order valence-corrected chi connectivity index (χ0v) is 14.1. The number of nitrogens with zero attached hydrogens (tertiary/aromatic N) is 3. The maximum absolute atomic E-state index is 12.2. The molecule has 1 aromatic carbocycles. The van der Waals surface area contributed by atoms with E-state index in [-0.39, 0.29) is 17.4 Å². The lowest BCUT2D eigenvalue weighted by Crippen LogP contribution is -2.07. The number of ketones is 1. The highest BCUT2D eigenvalue weighted by Gasteiger charge is 2.12. The average molecular weight is 354 g/mol. The summed E-state index contributed by atoms with van der Waals surface area (Å²) in [6.07, 6.45) is 3.29. The molecule has 0 atom stereocenters. The predicted octanol–water partition coefficient (Wildman–Crippen LogP) is 3.07. The van der Waals surface area contributed by atoms with E-state index in [9.17, 15) is 9.59 Å². The van der Waals surface area contributed by atoms with Crippen LogP contribution in [0.3, 0.4) is 0 Å².